The van der Waals surface area contributed by atoms with Gasteiger partial charge in [0.2, 0.25) is 0 Å². The van der Waals surface area contributed by atoms with Crippen molar-refractivity contribution in [3.8, 4) is 5.75 Å². The minimum Gasteiger partial charge on any atom is -0.484 e. The Bertz CT molecular complexity index is 496. The number of hydrogen-bond donors (Lipinski definition) is 1. The fraction of sp³-hybridized carbons (Fsp3) is 0.462. The minimum absolute atomic E-state index is 0.0974. The summed E-state index contributed by atoms with van der Waals surface area (Å²) in [4.78, 5) is 23.2. The van der Waals surface area contributed by atoms with Crippen molar-refractivity contribution in [1.82, 2.24) is 4.90 Å². The highest BCUT2D eigenvalue weighted by Crippen LogP contribution is 2.19. The monoisotopic (exact) mass is 282 g/mol. The van der Waals surface area contributed by atoms with Crippen LogP contribution in [0.15, 0.2) is 24.3 Å². The third kappa shape index (κ3) is 5.23. The number of aliphatic hydroxyl groups is 1. The number of nitro groups is 1. The second-order valence-electron chi connectivity index (χ2n) is 5.11. The standard InChI is InChI=1S/C13H18N2O5/c1-13(2,17)9-14(3)12(16)8-20-11-6-4-5-10(7-11)15(18)19/h4-7,17H,8-9H2,1-3H3. The van der Waals surface area contributed by atoms with Crippen LogP contribution in [0.5, 0.6) is 5.75 Å². The highest BCUT2D eigenvalue weighted by molar-refractivity contribution is 5.77. The van der Waals surface area contributed by atoms with E-state index < -0.39 is 10.5 Å². The zero-order valence-corrected chi connectivity index (χ0v) is 11.7. The summed E-state index contributed by atoms with van der Waals surface area (Å²) in [7, 11) is 1.55. The predicted molar refractivity (Wildman–Crippen MR) is 72.5 cm³/mol. The largest absolute Gasteiger partial charge is 0.484 e. The van der Waals surface area contributed by atoms with Crippen molar-refractivity contribution in [3.63, 3.8) is 0 Å². The lowest BCUT2D eigenvalue weighted by Crippen LogP contribution is -2.41. The van der Waals surface area contributed by atoms with Gasteiger partial charge in [-0.25, -0.2) is 0 Å². The lowest BCUT2D eigenvalue weighted by atomic mass is 10.1. The number of rotatable bonds is 6. The predicted octanol–water partition coefficient (Wildman–Crippen LogP) is 1.20. The lowest BCUT2D eigenvalue weighted by Gasteiger charge is -2.25. The highest BCUT2D eigenvalue weighted by Gasteiger charge is 2.19. The maximum absolute atomic E-state index is 11.8. The molecule has 7 nitrogen and oxygen atoms in total. The topological polar surface area (TPSA) is 92.9 Å². The molecular weight excluding hydrogens is 264 g/mol. The van der Waals surface area contributed by atoms with Gasteiger partial charge in [0.15, 0.2) is 6.61 Å². The zero-order chi connectivity index (χ0) is 15.3. The van der Waals surface area contributed by atoms with Crippen molar-refractivity contribution in [2.75, 3.05) is 20.2 Å². The van der Waals surface area contributed by atoms with Gasteiger partial charge in [0, 0.05) is 19.7 Å². The van der Waals surface area contributed by atoms with E-state index >= 15 is 0 Å². The van der Waals surface area contributed by atoms with Crippen LogP contribution in [0.4, 0.5) is 5.69 Å². The summed E-state index contributed by atoms with van der Waals surface area (Å²) in [6.45, 7) is 3.12. The van der Waals surface area contributed by atoms with E-state index in [-0.39, 0.29) is 30.5 Å². The fourth-order valence-electron chi connectivity index (χ4n) is 1.61. The van der Waals surface area contributed by atoms with Gasteiger partial charge in [-0.2, -0.15) is 0 Å². The van der Waals surface area contributed by atoms with Crippen LogP contribution in [0.25, 0.3) is 0 Å². The number of carbonyl (C=O) groups excluding carboxylic acids is 1. The molecule has 1 aromatic carbocycles. The van der Waals surface area contributed by atoms with E-state index in [4.69, 9.17) is 4.74 Å². The Morgan fingerprint density at radius 1 is 1.50 bits per heavy atom. The zero-order valence-electron chi connectivity index (χ0n) is 11.7. The number of ether oxygens (including phenoxy) is 1. The molecule has 20 heavy (non-hydrogen) atoms. The number of non-ortho nitro benzene ring substituents is 1. The molecule has 0 radical (unpaired) electrons. The van der Waals surface area contributed by atoms with Gasteiger partial charge in [0.1, 0.15) is 5.75 Å². The number of hydrogen-bond acceptors (Lipinski definition) is 5. The Morgan fingerprint density at radius 3 is 2.70 bits per heavy atom. The molecular formula is C13H18N2O5. The van der Waals surface area contributed by atoms with Crippen LogP contribution in [-0.4, -0.2) is 46.6 Å². The molecule has 0 saturated heterocycles. The highest BCUT2D eigenvalue weighted by atomic mass is 16.6. The SMILES string of the molecule is CN(CC(C)(C)O)C(=O)COc1cccc([N+](=O)[O-])c1. The molecule has 0 aliphatic carbocycles. The molecule has 110 valence electrons. The number of amides is 1. The van der Waals surface area contributed by atoms with Gasteiger partial charge in [-0.1, -0.05) is 6.07 Å². The van der Waals surface area contributed by atoms with Gasteiger partial charge in [0.25, 0.3) is 11.6 Å². The average Bonchev–Trinajstić information content (AvgIpc) is 2.34. The van der Waals surface area contributed by atoms with Gasteiger partial charge >= 0.3 is 0 Å². The van der Waals surface area contributed by atoms with Crippen molar-refractivity contribution < 1.29 is 19.6 Å². The summed E-state index contributed by atoms with van der Waals surface area (Å²) in [5, 5.41) is 20.2. The van der Waals surface area contributed by atoms with Gasteiger partial charge in [0.05, 0.1) is 16.6 Å². The third-order valence-corrected chi connectivity index (χ3v) is 2.44. The first-order chi connectivity index (χ1) is 9.19. The van der Waals surface area contributed by atoms with Crippen LogP contribution in [0.3, 0.4) is 0 Å². The van der Waals surface area contributed by atoms with Crippen LogP contribution in [0, 0.1) is 10.1 Å². The number of benzene rings is 1. The first-order valence-corrected chi connectivity index (χ1v) is 6.02. The van der Waals surface area contributed by atoms with Crippen molar-refractivity contribution in [1.29, 1.82) is 0 Å². The molecule has 7 heteroatoms. The molecule has 0 heterocycles. The summed E-state index contributed by atoms with van der Waals surface area (Å²) < 4.78 is 5.22. The van der Waals surface area contributed by atoms with E-state index in [9.17, 15) is 20.0 Å². The summed E-state index contributed by atoms with van der Waals surface area (Å²) in [5.74, 6) is -0.0668. The van der Waals surface area contributed by atoms with Crippen LogP contribution in [0.1, 0.15) is 13.8 Å². The summed E-state index contributed by atoms with van der Waals surface area (Å²) >= 11 is 0. The second kappa shape index (κ2) is 6.33. The van der Waals surface area contributed by atoms with Gasteiger partial charge in [-0.15, -0.1) is 0 Å². The van der Waals surface area contributed by atoms with E-state index in [1.54, 1.807) is 20.9 Å². The summed E-state index contributed by atoms with van der Waals surface area (Å²) in [6, 6.07) is 5.62. The average molecular weight is 282 g/mol. The molecule has 0 atom stereocenters. The Balaban J connectivity index is 2.57. The van der Waals surface area contributed by atoms with Crippen LogP contribution in [-0.2, 0) is 4.79 Å². The maximum Gasteiger partial charge on any atom is 0.273 e. The molecule has 0 aliphatic heterocycles. The molecule has 1 N–H and O–H groups in total. The van der Waals surface area contributed by atoms with Gasteiger partial charge < -0.3 is 14.7 Å². The number of nitrogens with zero attached hydrogens (tertiary/aromatic N) is 2. The smallest absolute Gasteiger partial charge is 0.273 e. The molecule has 0 saturated carbocycles. The first-order valence-electron chi connectivity index (χ1n) is 6.02. The van der Waals surface area contributed by atoms with Crippen LogP contribution in [0.2, 0.25) is 0 Å². The molecule has 0 aliphatic rings. The van der Waals surface area contributed by atoms with Crippen molar-refractivity contribution >= 4 is 11.6 Å². The minimum atomic E-state index is -0.990. The van der Waals surface area contributed by atoms with Crippen LogP contribution >= 0.6 is 0 Å². The van der Waals surface area contributed by atoms with E-state index in [1.165, 1.54) is 29.2 Å². The molecule has 0 spiro atoms. The third-order valence-electron chi connectivity index (χ3n) is 2.44. The number of carbonyl (C=O) groups is 1. The normalized spacial score (nSPS) is 11.0. The van der Waals surface area contributed by atoms with E-state index in [1.807, 2.05) is 0 Å². The van der Waals surface area contributed by atoms with Crippen molar-refractivity contribution in [3.05, 3.63) is 34.4 Å². The van der Waals surface area contributed by atoms with Crippen molar-refractivity contribution in [2.45, 2.75) is 19.4 Å². The summed E-state index contributed by atoms with van der Waals surface area (Å²) in [5.41, 5.74) is -1.09. The van der Waals surface area contributed by atoms with Gasteiger partial charge in [-0.3, -0.25) is 14.9 Å². The van der Waals surface area contributed by atoms with E-state index in [0.717, 1.165) is 0 Å². The van der Waals surface area contributed by atoms with E-state index in [0.29, 0.717) is 0 Å². The first kappa shape index (κ1) is 15.9. The Labute approximate surface area is 116 Å². The van der Waals surface area contributed by atoms with E-state index in [2.05, 4.69) is 0 Å². The Kier molecular flexibility index (Phi) is 5.04. The number of likely N-dealkylation sites (N-methyl/N-ethyl adjacent to an activating group) is 1. The maximum atomic E-state index is 11.8. The Morgan fingerprint density at radius 2 is 2.15 bits per heavy atom. The molecule has 1 amide bonds. The van der Waals surface area contributed by atoms with Gasteiger partial charge in [-0.05, 0) is 19.9 Å². The number of nitro benzene ring substituents is 1. The second-order valence-corrected chi connectivity index (χ2v) is 5.11. The molecule has 0 aromatic heterocycles. The van der Waals surface area contributed by atoms with Crippen LogP contribution < -0.4 is 4.74 Å². The quantitative estimate of drug-likeness (QED) is 0.625. The lowest BCUT2D eigenvalue weighted by molar-refractivity contribution is -0.384. The molecule has 0 bridgehead atoms. The summed E-state index contributed by atoms with van der Waals surface area (Å²) in [6.07, 6.45) is 0. The van der Waals surface area contributed by atoms with Crippen molar-refractivity contribution in [2.24, 2.45) is 0 Å². The molecule has 0 unspecified atom stereocenters. The fourth-order valence-corrected chi connectivity index (χ4v) is 1.61. The molecule has 1 aromatic rings. The Hall–Kier alpha value is -2.15. The molecule has 1 rings (SSSR count). The molecule has 0 fully saturated rings.